The molecule has 0 N–H and O–H groups in total. The van der Waals surface area contributed by atoms with Gasteiger partial charge in [0, 0.05) is 6.92 Å². The van der Waals surface area contributed by atoms with Crippen LogP contribution in [-0.2, 0) is 9.53 Å². The van der Waals surface area contributed by atoms with E-state index in [0.717, 1.165) is 19.3 Å². The van der Waals surface area contributed by atoms with E-state index in [-0.39, 0.29) is 5.97 Å². The van der Waals surface area contributed by atoms with Crippen molar-refractivity contribution in [3.8, 4) is 0 Å². The highest BCUT2D eigenvalue weighted by Crippen LogP contribution is 2.24. The molecule has 0 aliphatic heterocycles. The Morgan fingerprint density at radius 2 is 2.12 bits per heavy atom. The van der Waals surface area contributed by atoms with Gasteiger partial charge in [-0.15, -0.1) is 6.58 Å². The van der Waals surface area contributed by atoms with E-state index in [1.54, 1.807) is 0 Å². The van der Waals surface area contributed by atoms with E-state index in [0.29, 0.717) is 12.5 Å². The third-order valence-electron chi connectivity index (χ3n) is 2.72. The molecule has 0 fully saturated rings. The van der Waals surface area contributed by atoms with Crippen molar-refractivity contribution in [2.24, 2.45) is 0 Å². The molecule has 0 spiro atoms. The van der Waals surface area contributed by atoms with Crippen molar-refractivity contribution in [2.45, 2.75) is 32.1 Å². The van der Waals surface area contributed by atoms with Crippen LogP contribution in [0.3, 0.4) is 0 Å². The Morgan fingerprint density at radius 1 is 1.41 bits per heavy atom. The van der Waals surface area contributed by atoms with Gasteiger partial charge in [0.15, 0.2) is 0 Å². The number of hydrogen-bond donors (Lipinski definition) is 0. The first-order valence-corrected chi connectivity index (χ1v) is 6.03. The lowest BCUT2D eigenvalue weighted by Crippen LogP contribution is -2.04. The molecule has 0 aliphatic carbocycles. The molecule has 1 aromatic carbocycles. The molecular formula is C15H20O2. The lowest BCUT2D eigenvalue weighted by molar-refractivity contribution is -0.141. The van der Waals surface area contributed by atoms with E-state index < -0.39 is 0 Å². The Bertz CT molecular complexity index is 343. The number of hydrogen-bond acceptors (Lipinski definition) is 2. The molecule has 0 amide bonds. The molecule has 92 valence electrons. The normalized spacial score (nSPS) is 11.8. The quantitative estimate of drug-likeness (QED) is 0.407. The molecule has 0 heterocycles. The third kappa shape index (κ3) is 5.34. The second-order valence-electron chi connectivity index (χ2n) is 4.11. The van der Waals surface area contributed by atoms with E-state index in [1.165, 1.54) is 12.5 Å². The number of carbonyl (C=O) groups excluding carboxylic acids is 1. The van der Waals surface area contributed by atoms with Gasteiger partial charge in [-0.3, -0.25) is 4.79 Å². The van der Waals surface area contributed by atoms with Gasteiger partial charge in [-0.05, 0) is 30.7 Å². The van der Waals surface area contributed by atoms with E-state index in [9.17, 15) is 4.79 Å². The second-order valence-corrected chi connectivity index (χ2v) is 4.11. The smallest absolute Gasteiger partial charge is 0.302 e. The number of allylic oxidation sites excluding steroid dienone is 1. The van der Waals surface area contributed by atoms with Crippen LogP contribution in [0.25, 0.3) is 0 Å². The summed E-state index contributed by atoms with van der Waals surface area (Å²) in [4.78, 5) is 10.6. The van der Waals surface area contributed by atoms with Gasteiger partial charge in [-0.25, -0.2) is 0 Å². The standard InChI is InChI=1S/C15H20O2/c1-3-8-14(11-7-12-17-13(2)16)15-9-5-4-6-10-15/h3-6,9-10,14H,1,7-8,11-12H2,2H3. The minimum atomic E-state index is -0.204. The van der Waals surface area contributed by atoms with Crippen LogP contribution in [0, 0.1) is 0 Å². The lowest BCUT2D eigenvalue weighted by atomic mass is 9.91. The van der Waals surface area contributed by atoms with E-state index >= 15 is 0 Å². The minimum absolute atomic E-state index is 0.204. The summed E-state index contributed by atoms with van der Waals surface area (Å²) in [5.74, 6) is 0.272. The maximum absolute atomic E-state index is 10.6. The summed E-state index contributed by atoms with van der Waals surface area (Å²) in [5.41, 5.74) is 1.33. The molecule has 1 atom stereocenters. The predicted octanol–water partition coefficient (Wildman–Crippen LogP) is 3.69. The van der Waals surface area contributed by atoms with Crippen molar-refractivity contribution < 1.29 is 9.53 Å². The Kier molecular flexibility index (Phi) is 6.08. The maximum atomic E-state index is 10.6. The fraction of sp³-hybridized carbons (Fsp3) is 0.400. The molecule has 1 unspecified atom stereocenters. The Morgan fingerprint density at radius 3 is 2.71 bits per heavy atom. The van der Waals surface area contributed by atoms with Gasteiger partial charge in [-0.2, -0.15) is 0 Å². The zero-order valence-corrected chi connectivity index (χ0v) is 10.4. The Hall–Kier alpha value is -1.57. The van der Waals surface area contributed by atoms with Crippen molar-refractivity contribution >= 4 is 5.97 Å². The molecule has 0 aliphatic rings. The molecule has 1 rings (SSSR count). The highest BCUT2D eigenvalue weighted by molar-refractivity contribution is 5.65. The van der Waals surface area contributed by atoms with Crippen LogP contribution >= 0.6 is 0 Å². The van der Waals surface area contributed by atoms with Crippen molar-refractivity contribution in [2.75, 3.05) is 6.61 Å². The summed E-state index contributed by atoms with van der Waals surface area (Å²) < 4.78 is 4.94. The third-order valence-corrected chi connectivity index (χ3v) is 2.72. The van der Waals surface area contributed by atoms with Gasteiger partial charge in [-0.1, -0.05) is 36.4 Å². The molecule has 2 nitrogen and oxygen atoms in total. The number of benzene rings is 1. The van der Waals surface area contributed by atoms with Gasteiger partial charge in [0.1, 0.15) is 0 Å². The monoisotopic (exact) mass is 232 g/mol. The SMILES string of the molecule is C=CCC(CCCOC(C)=O)c1ccccc1. The van der Waals surface area contributed by atoms with Crippen LogP contribution in [0.1, 0.15) is 37.7 Å². The van der Waals surface area contributed by atoms with Gasteiger partial charge in [0.25, 0.3) is 0 Å². The van der Waals surface area contributed by atoms with Crippen LogP contribution in [-0.4, -0.2) is 12.6 Å². The Balaban J connectivity index is 2.44. The van der Waals surface area contributed by atoms with E-state index in [1.807, 2.05) is 12.1 Å². The summed E-state index contributed by atoms with van der Waals surface area (Å²) in [6, 6.07) is 10.4. The molecule has 1 aromatic rings. The second kappa shape index (κ2) is 7.66. The highest BCUT2D eigenvalue weighted by atomic mass is 16.5. The molecule has 2 heteroatoms. The van der Waals surface area contributed by atoms with Crippen molar-refractivity contribution in [3.05, 3.63) is 48.6 Å². The molecular weight excluding hydrogens is 212 g/mol. The summed E-state index contributed by atoms with van der Waals surface area (Å²) in [5, 5.41) is 0. The average Bonchev–Trinajstić information content (AvgIpc) is 2.34. The fourth-order valence-corrected chi connectivity index (χ4v) is 1.89. The summed E-state index contributed by atoms with van der Waals surface area (Å²) >= 11 is 0. The number of carbonyl (C=O) groups is 1. The van der Waals surface area contributed by atoms with Gasteiger partial charge in [0.2, 0.25) is 0 Å². The van der Waals surface area contributed by atoms with Crippen molar-refractivity contribution in [3.63, 3.8) is 0 Å². The lowest BCUT2D eigenvalue weighted by Gasteiger charge is -2.15. The number of ether oxygens (including phenoxy) is 1. The first-order valence-electron chi connectivity index (χ1n) is 6.03. The highest BCUT2D eigenvalue weighted by Gasteiger charge is 2.09. The first-order chi connectivity index (χ1) is 8.24. The summed E-state index contributed by atoms with van der Waals surface area (Å²) in [6.45, 7) is 5.75. The average molecular weight is 232 g/mol. The molecule has 0 saturated carbocycles. The Labute approximate surface area is 103 Å². The number of esters is 1. The minimum Gasteiger partial charge on any atom is -0.466 e. The summed E-state index contributed by atoms with van der Waals surface area (Å²) in [7, 11) is 0. The summed E-state index contributed by atoms with van der Waals surface area (Å²) in [6.07, 6.45) is 4.82. The largest absolute Gasteiger partial charge is 0.466 e. The van der Waals surface area contributed by atoms with Crippen LogP contribution in [0.5, 0.6) is 0 Å². The van der Waals surface area contributed by atoms with Crippen LogP contribution in [0.4, 0.5) is 0 Å². The number of rotatable bonds is 7. The first kappa shape index (κ1) is 13.5. The van der Waals surface area contributed by atoms with Gasteiger partial charge < -0.3 is 4.74 Å². The van der Waals surface area contributed by atoms with Gasteiger partial charge >= 0.3 is 5.97 Å². The predicted molar refractivity (Wildman–Crippen MR) is 69.9 cm³/mol. The van der Waals surface area contributed by atoms with Gasteiger partial charge in [0.05, 0.1) is 6.61 Å². The fourth-order valence-electron chi connectivity index (χ4n) is 1.89. The zero-order chi connectivity index (χ0) is 12.5. The topological polar surface area (TPSA) is 26.3 Å². The van der Waals surface area contributed by atoms with E-state index in [2.05, 4.69) is 30.8 Å². The molecule has 0 bridgehead atoms. The van der Waals surface area contributed by atoms with Crippen LogP contribution < -0.4 is 0 Å². The zero-order valence-electron chi connectivity index (χ0n) is 10.4. The maximum Gasteiger partial charge on any atom is 0.302 e. The van der Waals surface area contributed by atoms with Crippen molar-refractivity contribution in [1.82, 2.24) is 0 Å². The van der Waals surface area contributed by atoms with Crippen LogP contribution in [0.2, 0.25) is 0 Å². The molecule has 0 aromatic heterocycles. The van der Waals surface area contributed by atoms with E-state index in [4.69, 9.17) is 4.74 Å². The van der Waals surface area contributed by atoms with Crippen molar-refractivity contribution in [1.29, 1.82) is 0 Å². The molecule has 0 saturated heterocycles. The molecule has 17 heavy (non-hydrogen) atoms. The van der Waals surface area contributed by atoms with Crippen LogP contribution in [0.15, 0.2) is 43.0 Å². The molecule has 0 radical (unpaired) electrons.